The first-order chi connectivity index (χ1) is 10.7. The molecule has 0 saturated heterocycles. The van der Waals surface area contributed by atoms with Crippen LogP contribution in [0.25, 0.3) is 0 Å². The molecule has 1 heterocycles. The van der Waals surface area contributed by atoms with Gasteiger partial charge in [-0.2, -0.15) is 0 Å². The lowest BCUT2D eigenvalue weighted by molar-refractivity contribution is -0.127. The number of carbonyl (C=O) groups is 1. The van der Waals surface area contributed by atoms with Gasteiger partial charge in [0.05, 0.1) is 0 Å². The minimum atomic E-state index is -0.527. The van der Waals surface area contributed by atoms with E-state index in [0.29, 0.717) is 18.2 Å². The molecule has 1 N–H and O–H groups in total. The normalized spacial score (nSPS) is 15.1. The highest BCUT2D eigenvalue weighted by molar-refractivity contribution is 5.80. The summed E-state index contributed by atoms with van der Waals surface area (Å²) in [6, 6.07) is 13.4. The van der Waals surface area contributed by atoms with Crippen molar-refractivity contribution in [2.45, 2.75) is 38.3 Å². The summed E-state index contributed by atoms with van der Waals surface area (Å²) in [6.45, 7) is 2.22. The average molecular weight is 296 g/mol. The van der Waals surface area contributed by atoms with Crippen LogP contribution >= 0.6 is 0 Å². The van der Waals surface area contributed by atoms with Gasteiger partial charge in [0, 0.05) is 24.4 Å². The lowest BCUT2D eigenvalue weighted by atomic mass is 10.2. The standard InChI is InChI=1S/C18H20N2O2/c1-13(22-16-5-3-2-4-6-16)18(21)20-12-14-7-10-17(19-11-14)15-8-9-15/h2-7,10-11,13,15H,8-9,12H2,1H3,(H,20,21). The molecule has 4 heteroatoms. The molecule has 0 spiro atoms. The number of benzene rings is 1. The fraction of sp³-hybridized carbons (Fsp3) is 0.333. The predicted molar refractivity (Wildman–Crippen MR) is 84.6 cm³/mol. The van der Waals surface area contributed by atoms with Crippen molar-refractivity contribution in [3.63, 3.8) is 0 Å². The molecular weight excluding hydrogens is 276 g/mol. The van der Waals surface area contributed by atoms with Crippen LogP contribution in [0.4, 0.5) is 0 Å². The molecule has 114 valence electrons. The maximum absolute atomic E-state index is 12.0. The molecule has 1 saturated carbocycles. The van der Waals surface area contributed by atoms with Crippen LogP contribution in [0.5, 0.6) is 5.75 Å². The number of hydrogen-bond acceptors (Lipinski definition) is 3. The Balaban J connectivity index is 1.48. The second-order valence-corrected chi connectivity index (χ2v) is 5.66. The molecule has 2 aromatic rings. The molecule has 0 radical (unpaired) electrons. The van der Waals surface area contributed by atoms with Crippen molar-refractivity contribution in [3.8, 4) is 5.75 Å². The molecule has 4 nitrogen and oxygen atoms in total. The van der Waals surface area contributed by atoms with E-state index in [1.54, 1.807) is 6.92 Å². The van der Waals surface area contributed by atoms with Gasteiger partial charge in [-0.25, -0.2) is 0 Å². The van der Waals surface area contributed by atoms with Crippen LogP contribution in [0, 0.1) is 0 Å². The summed E-state index contributed by atoms with van der Waals surface area (Å²) in [5.41, 5.74) is 2.17. The summed E-state index contributed by atoms with van der Waals surface area (Å²) < 4.78 is 5.60. The zero-order chi connectivity index (χ0) is 15.4. The van der Waals surface area contributed by atoms with Crippen LogP contribution in [-0.2, 0) is 11.3 Å². The van der Waals surface area contributed by atoms with E-state index >= 15 is 0 Å². The number of aromatic nitrogens is 1. The van der Waals surface area contributed by atoms with Crippen LogP contribution < -0.4 is 10.1 Å². The Morgan fingerprint density at radius 2 is 2.05 bits per heavy atom. The summed E-state index contributed by atoms with van der Waals surface area (Å²) >= 11 is 0. The van der Waals surface area contributed by atoms with Crippen molar-refractivity contribution < 1.29 is 9.53 Å². The fourth-order valence-corrected chi connectivity index (χ4v) is 2.25. The van der Waals surface area contributed by atoms with Crippen molar-refractivity contribution in [3.05, 3.63) is 59.9 Å². The smallest absolute Gasteiger partial charge is 0.261 e. The van der Waals surface area contributed by atoms with E-state index in [1.165, 1.54) is 12.8 Å². The van der Waals surface area contributed by atoms with E-state index in [1.807, 2.05) is 42.6 Å². The van der Waals surface area contributed by atoms with Crippen LogP contribution in [0.1, 0.15) is 36.9 Å². The number of carbonyl (C=O) groups excluding carboxylic acids is 1. The molecule has 22 heavy (non-hydrogen) atoms. The summed E-state index contributed by atoms with van der Waals surface area (Å²) in [7, 11) is 0. The van der Waals surface area contributed by atoms with Crippen molar-refractivity contribution in [2.75, 3.05) is 0 Å². The van der Waals surface area contributed by atoms with Gasteiger partial charge in [-0.1, -0.05) is 24.3 Å². The highest BCUT2D eigenvalue weighted by atomic mass is 16.5. The Morgan fingerprint density at radius 1 is 1.27 bits per heavy atom. The molecule has 1 amide bonds. The fourth-order valence-electron chi connectivity index (χ4n) is 2.25. The quantitative estimate of drug-likeness (QED) is 0.891. The third-order valence-electron chi connectivity index (χ3n) is 3.74. The molecule has 0 bridgehead atoms. The number of para-hydroxylation sites is 1. The SMILES string of the molecule is CC(Oc1ccccc1)C(=O)NCc1ccc(C2CC2)nc1. The van der Waals surface area contributed by atoms with Crippen molar-refractivity contribution in [1.29, 1.82) is 0 Å². The predicted octanol–water partition coefficient (Wildman–Crippen LogP) is 3.04. The second kappa shape index (κ2) is 6.60. The topological polar surface area (TPSA) is 51.2 Å². The Kier molecular flexibility index (Phi) is 4.37. The molecule has 1 aliphatic carbocycles. The zero-order valence-corrected chi connectivity index (χ0v) is 12.7. The van der Waals surface area contributed by atoms with Gasteiger partial charge >= 0.3 is 0 Å². The molecule has 1 atom stereocenters. The number of rotatable bonds is 6. The number of nitrogens with one attached hydrogen (secondary N) is 1. The third-order valence-corrected chi connectivity index (χ3v) is 3.74. The van der Waals surface area contributed by atoms with E-state index in [-0.39, 0.29) is 5.91 Å². The van der Waals surface area contributed by atoms with E-state index in [0.717, 1.165) is 11.3 Å². The van der Waals surface area contributed by atoms with Gasteiger partial charge < -0.3 is 10.1 Å². The van der Waals surface area contributed by atoms with Crippen molar-refractivity contribution in [1.82, 2.24) is 10.3 Å². The van der Waals surface area contributed by atoms with Gasteiger partial charge in [0.25, 0.3) is 5.91 Å². The van der Waals surface area contributed by atoms with Gasteiger partial charge in [0.2, 0.25) is 0 Å². The number of hydrogen-bond donors (Lipinski definition) is 1. The molecule has 1 unspecified atom stereocenters. The minimum Gasteiger partial charge on any atom is -0.481 e. The molecule has 1 fully saturated rings. The van der Waals surface area contributed by atoms with Crippen molar-refractivity contribution in [2.24, 2.45) is 0 Å². The Labute approximate surface area is 130 Å². The van der Waals surface area contributed by atoms with Gasteiger partial charge in [0.1, 0.15) is 5.75 Å². The molecule has 1 aliphatic rings. The number of ether oxygens (including phenoxy) is 1. The summed E-state index contributed by atoms with van der Waals surface area (Å²) in [6.07, 6.45) is 3.81. The second-order valence-electron chi connectivity index (χ2n) is 5.66. The molecule has 1 aromatic carbocycles. The van der Waals surface area contributed by atoms with Crippen LogP contribution in [0.2, 0.25) is 0 Å². The first kappa shape index (κ1) is 14.6. The zero-order valence-electron chi connectivity index (χ0n) is 12.7. The average Bonchev–Trinajstić information content (AvgIpc) is 3.39. The van der Waals surface area contributed by atoms with Gasteiger partial charge in [-0.3, -0.25) is 9.78 Å². The molecule has 0 aliphatic heterocycles. The summed E-state index contributed by atoms with van der Waals surface area (Å²) in [4.78, 5) is 16.5. The Morgan fingerprint density at radius 3 is 2.68 bits per heavy atom. The van der Waals surface area contributed by atoms with E-state index in [2.05, 4.69) is 16.4 Å². The van der Waals surface area contributed by atoms with Crippen LogP contribution in [0.15, 0.2) is 48.7 Å². The maximum atomic E-state index is 12.0. The lowest BCUT2D eigenvalue weighted by Crippen LogP contribution is -2.35. The number of pyridine rings is 1. The third kappa shape index (κ3) is 3.85. The Bertz CT molecular complexity index is 621. The highest BCUT2D eigenvalue weighted by Gasteiger charge is 2.24. The number of nitrogens with zero attached hydrogens (tertiary/aromatic N) is 1. The molecule has 1 aromatic heterocycles. The van der Waals surface area contributed by atoms with E-state index < -0.39 is 6.10 Å². The largest absolute Gasteiger partial charge is 0.481 e. The summed E-state index contributed by atoms with van der Waals surface area (Å²) in [5.74, 6) is 1.22. The monoisotopic (exact) mass is 296 g/mol. The van der Waals surface area contributed by atoms with Crippen molar-refractivity contribution >= 4 is 5.91 Å². The van der Waals surface area contributed by atoms with Crippen LogP contribution in [0.3, 0.4) is 0 Å². The van der Waals surface area contributed by atoms with Gasteiger partial charge in [-0.05, 0) is 43.5 Å². The lowest BCUT2D eigenvalue weighted by Gasteiger charge is -2.14. The van der Waals surface area contributed by atoms with E-state index in [4.69, 9.17) is 4.74 Å². The minimum absolute atomic E-state index is 0.130. The molecule has 3 rings (SSSR count). The van der Waals surface area contributed by atoms with E-state index in [9.17, 15) is 4.79 Å². The number of amides is 1. The first-order valence-corrected chi connectivity index (χ1v) is 7.66. The summed E-state index contributed by atoms with van der Waals surface area (Å²) in [5, 5.41) is 2.88. The van der Waals surface area contributed by atoms with Crippen LogP contribution in [-0.4, -0.2) is 17.0 Å². The highest BCUT2D eigenvalue weighted by Crippen LogP contribution is 2.38. The first-order valence-electron chi connectivity index (χ1n) is 7.66. The molecular formula is C18H20N2O2. The maximum Gasteiger partial charge on any atom is 0.261 e. The Hall–Kier alpha value is -2.36. The van der Waals surface area contributed by atoms with Gasteiger partial charge in [0.15, 0.2) is 6.10 Å². The van der Waals surface area contributed by atoms with Gasteiger partial charge in [-0.15, -0.1) is 0 Å².